The number of benzene rings is 1. The zero-order valence-electron chi connectivity index (χ0n) is 29.4. The van der Waals surface area contributed by atoms with E-state index in [9.17, 15) is 20.4 Å². The van der Waals surface area contributed by atoms with Crippen LogP contribution in [0.5, 0.6) is 0 Å². The maximum atomic E-state index is 12.7. The number of aliphatic hydroxyl groups is 4. The molecule has 0 aliphatic carbocycles. The first kappa shape index (κ1) is 40.0. The fourth-order valence-corrected chi connectivity index (χ4v) is 6.57. The molecule has 5 heteroatoms. The Morgan fingerprint density at radius 2 is 0.884 bits per heavy atom. The molecule has 1 rings (SSSR count). The Balaban J connectivity index is 2.91. The van der Waals surface area contributed by atoms with Crippen molar-refractivity contribution >= 4 is 0 Å². The largest absolute Gasteiger partial charge is 0.395 e. The van der Waals surface area contributed by atoms with Crippen molar-refractivity contribution in [2.45, 2.75) is 181 Å². The van der Waals surface area contributed by atoms with Gasteiger partial charge in [-0.25, -0.2) is 0 Å². The highest BCUT2D eigenvalue weighted by atomic mass is 16.3. The minimum absolute atomic E-state index is 0.324. The molecular weight excluding hydrogens is 534 g/mol. The summed E-state index contributed by atoms with van der Waals surface area (Å²) in [5.41, 5.74) is 6.02. The second-order valence-electron chi connectivity index (χ2n) is 15.4. The van der Waals surface area contributed by atoms with Gasteiger partial charge in [-0.15, -0.1) is 0 Å². The molecule has 0 saturated heterocycles. The van der Waals surface area contributed by atoms with Gasteiger partial charge in [-0.3, -0.25) is 0 Å². The molecule has 0 radical (unpaired) electrons. The first-order valence-corrected chi connectivity index (χ1v) is 17.7. The normalized spacial score (nSPS) is 14.3. The summed E-state index contributed by atoms with van der Waals surface area (Å²) in [6.07, 6.45) is 20.6. The fourth-order valence-electron chi connectivity index (χ4n) is 6.57. The summed E-state index contributed by atoms with van der Waals surface area (Å²) in [5.74, 6) is 0. The number of hydrogen-bond donors (Lipinski definition) is 5. The van der Waals surface area contributed by atoms with Gasteiger partial charge in [-0.1, -0.05) is 163 Å². The van der Waals surface area contributed by atoms with Crippen molar-refractivity contribution in [3.05, 3.63) is 34.4 Å². The number of nitrogens with two attached hydrogens (primary N) is 1. The zero-order valence-corrected chi connectivity index (χ0v) is 29.4. The highest BCUT2D eigenvalue weighted by Gasteiger charge is 2.53. The Kier molecular flexibility index (Phi) is 18.2. The SMILES string of the molecule is CCCCCCCCCCCCCCCCCCC(O)(c1c(C(C)(C)C)cc(CN)cc1C(C)(C)C)C(CO)(CO)CO. The predicted octanol–water partition coefficient (Wildman–Crippen LogP) is 8.54. The molecular formula is C38H71NO4. The molecule has 1 aromatic carbocycles. The minimum atomic E-state index is -1.61. The van der Waals surface area contributed by atoms with Crippen LogP contribution in [0.2, 0.25) is 0 Å². The summed E-state index contributed by atoms with van der Waals surface area (Å²) in [7, 11) is 0. The van der Waals surface area contributed by atoms with Crippen LogP contribution >= 0.6 is 0 Å². The molecule has 0 bridgehead atoms. The van der Waals surface area contributed by atoms with E-state index >= 15 is 0 Å². The molecule has 0 amide bonds. The van der Waals surface area contributed by atoms with E-state index in [1.807, 2.05) is 0 Å². The Bertz CT molecular complexity index is 838. The second-order valence-corrected chi connectivity index (χ2v) is 15.4. The van der Waals surface area contributed by atoms with Gasteiger partial charge >= 0.3 is 0 Å². The maximum absolute atomic E-state index is 12.7. The molecule has 0 aliphatic heterocycles. The molecule has 1 atom stereocenters. The van der Waals surface area contributed by atoms with Crippen molar-refractivity contribution in [2.24, 2.45) is 11.1 Å². The van der Waals surface area contributed by atoms with E-state index in [0.29, 0.717) is 13.0 Å². The lowest BCUT2D eigenvalue weighted by atomic mass is 9.60. The van der Waals surface area contributed by atoms with Crippen LogP contribution in [0.15, 0.2) is 12.1 Å². The number of unbranched alkanes of at least 4 members (excludes halogenated alkanes) is 15. The van der Waals surface area contributed by atoms with E-state index in [-0.39, 0.29) is 10.8 Å². The van der Waals surface area contributed by atoms with Gasteiger partial charge in [-0.2, -0.15) is 0 Å². The van der Waals surface area contributed by atoms with E-state index in [4.69, 9.17) is 5.73 Å². The molecule has 0 aliphatic rings. The summed E-state index contributed by atoms with van der Waals surface area (Å²) in [5, 5.41) is 44.5. The lowest BCUT2D eigenvalue weighted by Crippen LogP contribution is -2.55. The topological polar surface area (TPSA) is 107 Å². The van der Waals surface area contributed by atoms with Crippen LogP contribution in [0, 0.1) is 5.41 Å². The molecule has 1 aromatic rings. The first-order valence-electron chi connectivity index (χ1n) is 17.7. The van der Waals surface area contributed by atoms with Gasteiger partial charge < -0.3 is 26.2 Å². The van der Waals surface area contributed by atoms with E-state index in [2.05, 4.69) is 60.6 Å². The van der Waals surface area contributed by atoms with Crippen molar-refractivity contribution < 1.29 is 20.4 Å². The van der Waals surface area contributed by atoms with Crippen LogP contribution in [-0.2, 0) is 23.0 Å². The third-order valence-electron chi connectivity index (χ3n) is 9.64. The summed E-state index contributed by atoms with van der Waals surface area (Å²) in [6.45, 7) is 13.8. The van der Waals surface area contributed by atoms with Gasteiger partial charge in [0.1, 0.15) is 5.60 Å². The predicted molar refractivity (Wildman–Crippen MR) is 183 cm³/mol. The van der Waals surface area contributed by atoms with Gasteiger partial charge in [0.2, 0.25) is 0 Å². The third-order valence-corrected chi connectivity index (χ3v) is 9.64. The van der Waals surface area contributed by atoms with Crippen molar-refractivity contribution in [1.29, 1.82) is 0 Å². The molecule has 0 aromatic heterocycles. The molecule has 5 nitrogen and oxygen atoms in total. The van der Waals surface area contributed by atoms with Crippen molar-refractivity contribution in [1.82, 2.24) is 0 Å². The average Bonchev–Trinajstić information content (AvgIpc) is 2.96. The zero-order chi connectivity index (χ0) is 32.6. The summed E-state index contributed by atoms with van der Waals surface area (Å²) >= 11 is 0. The van der Waals surface area contributed by atoms with E-state index in [1.165, 1.54) is 83.5 Å². The molecule has 0 saturated carbocycles. The lowest BCUT2D eigenvalue weighted by Gasteiger charge is -2.49. The minimum Gasteiger partial charge on any atom is -0.395 e. The van der Waals surface area contributed by atoms with Crippen molar-refractivity contribution in [3.63, 3.8) is 0 Å². The molecule has 252 valence electrons. The fraction of sp³-hybridized carbons (Fsp3) is 0.842. The molecule has 6 N–H and O–H groups in total. The van der Waals surface area contributed by atoms with Crippen LogP contribution in [0.4, 0.5) is 0 Å². The lowest BCUT2D eigenvalue weighted by molar-refractivity contribution is -0.165. The van der Waals surface area contributed by atoms with E-state index in [1.54, 1.807) is 0 Å². The van der Waals surface area contributed by atoms with Gasteiger partial charge in [0, 0.05) is 6.54 Å². The highest BCUT2D eigenvalue weighted by molar-refractivity contribution is 5.50. The Morgan fingerprint density at radius 1 is 0.558 bits per heavy atom. The first-order chi connectivity index (χ1) is 20.3. The number of aliphatic hydroxyl groups excluding tert-OH is 3. The highest BCUT2D eigenvalue weighted by Crippen LogP contribution is 2.50. The van der Waals surface area contributed by atoms with Gasteiger partial charge in [0.25, 0.3) is 0 Å². The maximum Gasteiger partial charge on any atom is 0.102 e. The monoisotopic (exact) mass is 606 g/mol. The standard InChI is InChI=1S/C38H71NO4/c1-8-9-10-11-12-13-14-15-16-17-18-19-20-21-22-23-24-38(43,37(28-40,29-41)30-42)34-32(35(2,3)4)25-31(27-39)26-33(34)36(5,6)7/h25-26,40-43H,8-24,27-30,39H2,1-7H3. The van der Waals surface area contributed by atoms with Crippen molar-refractivity contribution in [3.8, 4) is 0 Å². The van der Waals surface area contributed by atoms with E-state index < -0.39 is 30.8 Å². The number of rotatable bonds is 23. The molecule has 1 unspecified atom stereocenters. The average molecular weight is 606 g/mol. The van der Waals surface area contributed by atoms with Gasteiger partial charge in [-0.05, 0) is 39.5 Å². The van der Waals surface area contributed by atoms with Crippen LogP contribution in [0.3, 0.4) is 0 Å². The summed E-state index contributed by atoms with van der Waals surface area (Å²) in [6, 6.07) is 4.14. The molecule has 0 heterocycles. The number of hydrogen-bond acceptors (Lipinski definition) is 5. The van der Waals surface area contributed by atoms with Gasteiger partial charge in [0.05, 0.1) is 25.2 Å². The van der Waals surface area contributed by atoms with Crippen LogP contribution < -0.4 is 5.73 Å². The van der Waals surface area contributed by atoms with Crippen molar-refractivity contribution in [2.75, 3.05) is 19.8 Å². The second kappa shape index (κ2) is 19.5. The Labute approximate surface area is 266 Å². The van der Waals surface area contributed by atoms with E-state index in [0.717, 1.165) is 41.5 Å². The molecule has 43 heavy (non-hydrogen) atoms. The molecule has 0 spiro atoms. The summed E-state index contributed by atoms with van der Waals surface area (Å²) < 4.78 is 0. The quantitative estimate of drug-likeness (QED) is 0.0804. The summed E-state index contributed by atoms with van der Waals surface area (Å²) in [4.78, 5) is 0. The Hall–Kier alpha value is -0.980. The molecule has 0 fully saturated rings. The van der Waals surface area contributed by atoms with Crippen LogP contribution in [-0.4, -0.2) is 40.2 Å². The van der Waals surface area contributed by atoms with Crippen LogP contribution in [0.1, 0.15) is 180 Å². The van der Waals surface area contributed by atoms with Crippen LogP contribution in [0.25, 0.3) is 0 Å². The van der Waals surface area contributed by atoms with Gasteiger partial charge in [0.15, 0.2) is 0 Å². The Morgan fingerprint density at radius 3 is 1.16 bits per heavy atom. The third kappa shape index (κ3) is 12.0. The smallest absolute Gasteiger partial charge is 0.102 e.